The van der Waals surface area contributed by atoms with E-state index in [2.05, 4.69) is 12.2 Å². The van der Waals surface area contributed by atoms with Gasteiger partial charge in [-0.05, 0) is 45.7 Å². The number of rotatable bonds is 3. The smallest absolute Gasteiger partial charge is 0.134 e. The van der Waals surface area contributed by atoms with Crippen molar-refractivity contribution >= 4 is 0 Å². The van der Waals surface area contributed by atoms with Crippen LogP contribution >= 0.6 is 0 Å². The van der Waals surface area contributed by atoms with Crippen molar-refractivity contribution in [1.82, 2.24) is 5.32 Å². The van der Waals surface area contributed by atoms with Crippen molar-refractivity contribution < 1.29 is 9.13 Å². The topological polar surface area (TPSA) is 21.3 Å². The molecule has 1 atom stereocenters. The summed E-state index contributed by atoms with van der Waals surface area (Å²) in [6.07, 6.45) is 2.30. The van der Waals surface area contributed by atoms with E-state index in [-0.39, 0.29) is 0 Å². The minimum absolute atomic E-state index is 0.422. The van der Waals surface area contributed by atoms with Crippen LogP contribution in [0.1, 0.15) is 49.3 Å². The summed E-state index contributed by atoms with van der Waals surface area (Å²) in [6.45, 7) is 7.28. The summed E-state index contributed by atoms with van der Waals surface area (Å²) in [4.78, 5) is 0. The Labute approximate surface area is 115 Å². The molecule has 1 unspecified atom stereocenters. The second-order valence-electron chi connectivity index (χ2n) is 5.89. The Bertz CT molecular complexity index is 445. The first-order chi connectivity index (χ1) is 8.95. The number of hydrogen-bond donors (Lipinski definition) is 1. The molecule has 0 radical (unpaired) electrons. The fourth-order valence-corrected chi connectivity index (χ4v) is 2.99. The summed E-state index contributed by atoms with van der Waals surface area (Å²) in [5.41, 5.74) is 1.65. The molecule has 2 nitrogen and oxygen atoms in total. The van der Waals surface area contributed by atoms with Crippen LogP contribution in [0, 0.1) is 6.92 Å². The molecule has 1 N–H and O–H groups in total. The Morgan fingerprint density at radius 3 is 2.63 bits per heavy atom. The first-order valence-corrected chi connectivity index (χ1v) is 7.02. The molecule has 1 fully saturated rings. The maximum atomic E-state index is 14.4. The third kappa shape index (κ3) is 2.92. The summed E-state index contributed by atoms with van der Waals surface area (Å²) in [6, 6.07) is 3.87. The van der Waals surface area contributed by atoms with Crippen molar-refractivity contribution in [2.24, 2.45) is 0 Å². The van der Waals surface area contributed by atoms with E-state index >= 15 is 0 Å². The zero-order valence-corrected chi connectivity index (χ0v) is 12.3. The molecule has 0 aliphatic carbocycles. The van der Waals surface area contributed by atoms with Gasteiger partial charge in [0.05, 0.1) is 7.11 Å². The van der Waals surface area contributed by atoms with E-state index in [4.69, 9.17) is 4.74 Å². The van der Waals surface area contributed by atoms with Crippen LogP contribution < -0.4 is 10.1 Å². The monoisotopic (exact) mass is 265 g/mol. The highest BCUT2D eigenvalue weighted by Gasteiger charge is 2.29. The lowest BCUT2D eigenvalue weighted by Gasteiger charge is -2.29. The van der Waals surface area contributed by atoms with E-state index in [0.29, 0.717) is 11.5 Å². The minimum atomic E-state index is -1.38. The molecular formula is C16H24FNO. The van der Waals surface area contributed by atoms with Gasteiger partial charge in [-0.15, -0.1) is 0 Å². The van der Waals surface area contributed by atoms with Gasteiger partial charge >= 0.3 is 0 Å². The maximum absolute atomic E-state index is 14.4. The molecule has 0 bridgehead atoms. The van der Waals surface area contributed by atoms with Gasteiger partial charge in [0, 0.05) is 23.6 Å². The van der Waals surface area contributed by atoms with Crippen LogP contribution in [0.2, 0.25) is 0 Å². The van der Waals surface area contributed by atoms with Gasteiger partial charge in [0.1, 0.15) is 11.4 Å². The molecule has 1 aliphatic heterocycles. The highest BCUT2D eigenvalue weighted by Crippen LogP contribution is 2.41. The summed E-state index contributed by atoms with van der Waals surface area (Å²) < 4.78 is 19.9. The normalized spacial score (nSPS) is 20.4. The van der Waals surface area contributed by atoms with Crippen LogP contribution in [0.4, 0.5) is 4.39 Å². The Morgan fingerprint density at radius 2 is 2.11 bits per heavy atom. The molecule has 0 saturated carbocycles. The fourth-order valence-electron chi connectivity index (χ4n) is 2.99. The van der Waals surface area contributed by atoms with Crippen LogP contribution in [0.15, 0.2) is 12.1 Å². The predicted molar refractivity (Wildman–Crippen MR) is 76.7 cm³/mol. The van der Waals surface area contributed by atoms with E-state index in [9.17, 15) is 4.39 Å². The van der Waals surface area contributed by atoms with E-state index in [1.54, 1.807) is 21.0 Å². The summed E-state index contributed by atoms with van der Waals surface area (Å²) in [5, 5.41) is 3.42. The van der Waals surface area contributed by atoms with Crippen molar-refractivity contribution in [3.8, 4) is 5.75 Å². The number of halogens is 1. The fraction of sp³-hybridized carbons (Fsp3) is 0.625. The van der Waals surface area contributed by atoms with Crippen LogP contribution in [-0.4, -0.2) is 20.2 Å². The number of alkyl halides is 1. The molecule has 3 heteroatoms. The highest BCUT2D eigenvalue weighted by molar-refractivity contribution is 5.50. The molecule has 2 rings (SSSR count). The van der Waals surface area contributed by atoms with Crippen LogP contribution in [0.3, 0.4) is 0 Å². The van der Waals surface area contributed by atoms with Crippen LogP contribution in [0.25, 0.3) is 0 Å². The Morgan fingerprint density at radius 1 is 1.37 bits per heavy atom. The van der Waals surface area contributed by atoms with Crippen LogP contribution in [-0.2, 0) is 5.67 Å². The Balaban J connectivity index is 2.51. The molecule has 1 aromatic carbocycles. The number of methoxy groups -OCH3 is 1. The number of ether oxygens (including phenoxy) is 1. The molecule has 1 aromatic rings. The molecule has 0 spiro atoms. The number of benzene rings is 1. The first-order valence-electron chi connectivity index (χ1n) is 7.02. The zero-order chi connectivity index (χ0) is 14.0. The molecule has 106 valence electrons. The van der Waals surface area contributed by atoms with Gasteiger partial charge in [-0.3, -0.25) is 0 Å². The molecular weight excluding hydrogens is 241 g/mol. The van der Waals surface area contributed by atoms with Gasteiger partial charge in [0.25, 0.3) is 0 Å². The average molecular weight is 265 g/mol. The number of hydrogen-bond acceptors (Lipinski definition) is 2. The third-order valence-corrected chi connectivity index (χ3v) is 3.96. The predicted octanol–water partition coefficient (Wildman–Crippen LogP) is 3.68. The molecule has 1 heterocycles. The Kier molecular flexibility index (Phi) is 4.14. The molecule has 0 amide bonds. The molecule has 19 heavy (non-hydrogen) atoms. The molecule has 0 aromatic heterocycles. The van der Waals surface area contributed by atoms with Gasteiger partial charge in [-0.25, -0.2) is 4.39 Å². The lowest BCUT2D eigenvalue weighted by molar-refractivity contribution is 0.212. The highest BCUT2D eigenvalue weighted by atomic mass is 19.1. The lowest BCUT2D eigenvalue weighted by atomic mass is 9.84. The van der Waals surface area contributed by atoms with Gasteiger partial charge < -0.3 is 10.1 Å². The quantitative estimate of drug-likeness (QED) is 0.900. The molecule has 1 aliphatic rings. The van der Waals surface area contributed by atoms with Crippen LogP contribution in [0.5, 0.6) is 5.75 Å². The van der Waals surface area contributed by atoms with E-state index in [0.717, 1.165) is 31.7 Å². The van der Waals surface area contributed by atoms with E-state index < -0.39 is 5.67 Å². The third-order valence-electron chi connectivity index (χ3n) is 3.96. The first kappa shape index (κ1) is 14.3. The van der Waals surface area contributed by atoms with Gasteiger partial charge in [-0.1, -0.05) is 12.1 Å². The lowest BCUT2D eigenvalue weighted by Crippen LogP contribution is -2.29. The Hall–Kier alpha value is -1.09. The van der Waals surface area contributed by atoms with E-state index in [1.807, 2.05) is 12.1 Å². The second-order valence-corrected chi connectivity index (χ2v) is 5.89. The van der Waals surface area contributed by atoms with Crippen molar-refractivity contribution in [3.05, 3.63) is 28.8 Å². The average Bonchev–Trinajstić information content (AvgIpc) is 2.37. The SMILES string of the molecule is COc1c(C(C)(C)F)ccc(C)c1C1CCCNC1. The van der Waals surface area contributed by atoms with Gasteiger partial charge in [0.2, 0.25) is 0 Å². The zero-order valence-electron chi connectivity index (χ0n) is 12.3. The summed E-state index contributed by atoms with van der Waals surface area (Å²) in [7, 11) is 1.64. The van der Waals surface area contributed by atoms with Gasteiger partial charge in [-0.2, -0.15) is 0 Å². The molecule has 1 saturated heterocycles. The minimum Gasteiger partial charge on any atom is -0.496 e. The van der Waals surface area contributed by atoms with Crippen molar-refractivity contribution in [2.45, 2.75) is 45.2 Å². The van der Waals surface area contributed by atoms with Gasteiger partial charge in [0.15, 0.2) is 0 Å². The number of nitrogens with one attached hydrogen (secondary N) is 1. The maximum Gasteiger partial charge on any atom is 0.134 e. The van der Waals surface area contributed by atoms with Crippen molar-refractivity contribution in [1.29, 1.82) is 0 Å². The van der Waals surface area contributed by atoms with E-state index in [1.165, 1.54) is 11.1 Å². The summed E-state index contributed by atoms with van der Waals surface area (Å²) in [5.74, 6) is 1.16. The van der Waals surface area contributed by atoms with Crippen molar-refractivity contribution in [2.75, 3.05) is 20.2 Å². The summed E-state index contributed by atoms with van der Waals surface area (Å²) >= 11 is 0. The standard InChI is InChI=1S/C16H24FNO/c1-11-7-8-13(16(2,3)17)15(19-4)14(11)12-6-5-9-18-10-12/h7-8,12,18H,5-6,9-10H2,1-4H3. The van der Waals surface area contributed by atoms with Crippen molar-refractivity contribution in [3.63, 3.8) is 0 Å². The largest absolute Gasteiger partial charge is 0.496 e. The number of aryl methyl sites for hydroxylation is 1. The second kappa shape index (κ2) is 5.49. The number of piperidine rings is 1.